The predicted molar refractivity (Wildman–Crippen MR) is 58.0 cm³/mol. The SMILES string of the molecule is CN(C)c1ccc(CP(C)(=O)[O-])cc1. The van der Waals surface area contributed by atoms with Crippen molar-refractivity contribution in [1.82, 2.24) is 0 Å². The molecule has 0 bridgehead atoms. The number of benzene rings is 1. The van der Waals surface area contributed by atoms with Crippen LogP contribution < -0.4 is 9.79 Å². The lowest BCUT2D eigenvalue weighted by Crippen LogP contribution is -2.08. The van der Waals surface area contributed by atoms with Crippen LogP contribution in [0.3, 0.4) is 0 Å². The van der Waals surface area contributed by atoms with E-state index >= 15 is 0 Å². The van der Waals surface area contributed by atoms with Gasteiger partial charge >= 0.3 is 0 Å². The van der Waals surface area contributed by atoms with Gasteiger partial charge in [0, 0.05) is 33.3 Å². The Labute approximate surface area is 84.8 Å². The molecule has 1 atom stereocenters. The van der Waals surface area contributed by atoms with Gasteiger partial charge in [-0.1, -0.05) is 12.1 Å². The molecular formula is C10H15NO2P-. The molecule has 0 aliphatic heterocycles. The van der Waals surface area contributed by atoms with Gasteiger partial charge in [-0.3, -0.25) is 0 Å². The molecule has 0 fully saturated rings. The van der Waals surface area contributed by atoms with Crippen LogP contribution in [0.15, 0.2) is 24.3 Å². The lowest BCUT2D eigenvalue weighted by Gasteiger charge is -2.18. The zero-order chi connectivity index (χ0) is 10.8. The van der Waals surface area contributed by atoms with Gasteiger partial charge in [-0.2, -0.15) is 0 Å². The molecule has 78 valence electrons. The van der Waals surface area contributed by atoms with Gasteiger partial charge in [0.15, 0.2) is 0 Å². The second-order valence-electron chi connectivity index (χ2n) is 3.73. The van der Waals surface area contributed by atoms with Crippen molar-refractivity contribution < 1.29 is 9.46 Å². The van der Waals surface area contributed by atoms with Gasteiger partial charge in [-0.25, -0.2) is 0 Å². The number of hydrogen-bond acceptors (Lipinski definition) is 3. The molecule has 0 amide bonds. The maximum absolute atomic E-state index is 11.0. The molecule has 0 aliphatic carbocycles. The highest BCUT2D eigenvalue weighted by Crippen LogP contribution is 2.34. The molecule has 0 heterocycles. The van der Waals surface area contributed by atoms with Crippen molar-refractivity contribution in [3.8, 4) is 0 Å². The minimum atomic E-state index is -3.19. The highest BCUT2D eigenvalue weighted by molar-refractivity contribution is 7.54. The zero-order valence-electron chi connectivity index (χ0n) is 8.73. The van der Waals surface area contributed by atoms with Crippen molar-refractivity contribution in [3.05, 3.63) is 29.8 Å². The Bertz CT molecular complexity index is 340. The molecule has 0 spiro atoms. The summed E-state index contributed by atoms with van der Waals surface area (Å²) >= 11 is 0. The number of nitrogens with zero attached hydrogens (tertiary/aromatic N) is 1. The summed E-state index contributed by atoms with van der Waals surface area (Å²) in [7, 11) is 0.713. The molecule has 0 saturated heterocycles. The first-order valence-corrected chi connectivity index (χ1v) is 6.68. The monoisotopic (exact) mass is 212 g/mol. The first-order chi connectivity index (χ1) is 6.38. The Hall–Kier alpha value is -0.790. The van der Waals surface area contributed by atoms with Crippen molar-refractivity contribution in [2.24, 2.45) is 0 Å². The fourth-order valence-electron chi connectivity index (χ4n) is 1.23. The van der Waals surface area contributed by atoms with E-state index in [-0.39, 0.29) is 6.16 Å². The molecular weight excluding hydrogens is 197 g/mol. The molecule has 0 N–H and O–H groups in total. The highest BCUT2D eigenvalue weighted by Gasteiger charge is 2.02. The average molecular weight is 212 g/mol. The highest BCUT2D eigenvalue weighted by atomic mass is 31.2. The molecule has 4 heteroatoms. The van der Waals surface area contributed by atoms with E-state index in [0.717, 1.165) is 11.3 Å². The van der Waals surface area contributed by atoms with E-state index in [4.69, 9.17) is 0 Å². The summed E-state index contributed by atoms with van der Waals surface area (Å²) in [6, 6.07) is 7.54. The fourth-order valence-corrected chi connectivity index (χ4v) is 2.11. The second-order valence-corrected chi connectivity index (χ2v) is 6.08. The van der Waals surface area contributed by atoms with E-state index < -0.39 is 7.37 Å². The minimum absolute atomic E-state index is 0.140. The van der Waals surface area contributed by atoms with Crippen LogP contribution in [0.25, 0.3) is 0 Å². The van der Waals surface area contributed by atoms with E-state index in [1.54, 1.807) is 0 Å². The first-order valence-electron chi connectivity index (χ1n) is 4.42. The molecule has 3 nitrogen and oxygen atoms in total. The van der Waals surface area contributed by atoms with Crippen LogP contribution in [0, 0.1) is 0 Å². The molecule has 0 aromatic heterocycles. The molecule has 1 unspecified atom stereocenters. The molecule has 1 rings (SSSR count). The van der Waals surface area contributed by atoms with E-state index in [2.05, 4.69) is 0 Å². The van der Waals surface area contributed by atoms with Crippen LogP contribution in [0.4, 0.5) is 5.69 Å². The molecule has 0 aliphatic rings. The summed E-state index contributed by atoms with van der Waals surface area (Å²) in [4.78, 5) is 13.0. The van der Waals surface area contributed by atoms with Gasteiger partial charge in [0.2, 0.25) is 0 Å². The minimum Gasteiger partial charge on any atom is -0.799 e. The summed E-state index contributed by atoms with van der Waals surface area (Å²) in [5, 5.41) is 0. The molecule has 0 radical (unpaired) electrons. The average Bonchev–Trinajstić information content (AvgIpc) is 2.02. The second kappa shape index (κ2) is 4.16. The third-order valence-corrected chi connectivity index (χ3v) is 2.86. The van der Waals surface area contributed by atoms with Crippen LogP contribution in [0.5, 0.6) is 0 Å². The van der Waals surface area contributed by atoms with Crippen molar-refractivity contribution >= 4 is 13.1 Å². The van der Waals surface area contributed by atoms with Gasteiger partial charge in [0.1, 0.15) is 0 Å². The maximum atomic E-state index is 11.0. The van der Waals surface area contributed by atoms with Crippen molar-refractivity contribution in [2.75, 3.05) is 25.7 Å². The predicted octanol–water partition coefficient (Wildman–Crippen LogP) is 1.52. The lowest BCUT2D eigenvalue weighted by molar-refractivity contribution is -0.173. The van der Waals surface area contributed by atoms with Crippen molar-refractivity contribution in [1.29, 1.82) is 0 Å². The Kier molecular flexibility index (Phi) is 3.35. The van der Waals surface area contributed by atoms with Crippen molar-refractivity contribution in [3.63, 3.8) is 0 Å². The van der Waals surface area contributed by atoms with Gasteiger partial charge in [0.25, 0.3) is 0 Å². The summed E-state index contributed by atoms with van der Waals surface area (Å²) in [5.41, 5.74) is 1.92. The van der Waals surface area contributed by atoms with E-state index in [9.17, 15) is 9.46 Å². The fraction of sp³-hybridized carbons (Fsp3) is 0.400. The summed E-state index contributed by atoms with van der Waals surface area (Å²) in [6.07, 6.45) is 0.140. The summed E-state index contributed by atoms with van der Waals surface area (Å²) in [6.45, 7) is 1.27. The van der Waals surface area contributed by atoms with Crippen LogP contribution in [0.1, 0.15) is 5.56 Å². The Balaban J connectivity index is 2.79. The van der Waals surface area contributed by atoms with Gasteiger partial charge in [0.05, 0.1) is 0 Å². The topological polar surface area (TPSA) is 43.4 Å². The van der Waals surface area contributed by atoms with Gasteiger partial charge in [-0.05, 0) is 24.4 Å². The van der Waals surface area contributed by atoms with Crippen LogP contribution in [0.2, 0.25) is 0 Å². The Morgan fingerprint density at radius 3 is 2.14 bits per heavy atom. The maximum Gasteiger partial charge on any atom is 0.0361 e. The van der Waals surface area contributed by atoms with E-state index in [0.29, 0.717) is 0 Å². The zero-order valence-corrected chi connectivity index (χ0v) is 9.62. The van der Waals surface area contributed by atoms with Crippen LogP contribution in [-0.2, 0) is 10.7 Å². The molecule has 1 aromatic rings. The Morgan fingerprint density at radius 1 is 1.29 bits per heavy atom. The third kappa shape index (κ3) is 3.52. The third-order valence-electron chi connectivity index (χ3n) is 1.92. The molecule has 1 aromatic carbocycles. The number of rotatable bonds is 3. The van der Waals surface area contributed by atoms with Gasteiger partial charge in [-0.15, -0.1) is 0 Å². The lowest BCUT2D eigenvalue weighted by atomic mass is 10.2. The molecule has 0 saturated carbocycles. The molecule has 14 heavy (non-hydrogen) atoms. The quantitative estimate of drug-likeness (QED) is 0.713. The summed E-state index contributed by atoms with van der Waals surface area (Å²) < 4.78 is 11.0. The standard InChI is InChI=1S/C10H16NO2P/c1-11(2)10-6-4-9(5-7-10)8-14(3,12)13/h4-7H,8H2,1-3H3,(H,12,13)/p-1. The number of hydrogen-bond donors (Lipinski definition) is 0. The number of anilines is 1. The van der Waals surface area contributed by atoms with E-state index in [1.165, 1.54) is 6.66 Å². The normalized spacial score (nSPS) is 14.9. The Morgan fingerprint density at radius 2 is 1.79 bits per heavy atom. The first kappa shape index (κ1) is 11.3. The van der Waals surface area contributed by atoms with Crippen LogP contribution >= 0.6 is 7.37 Å². The summed E-state index contributed by atoms with van der Waals surface area (Å²) in [5.74, 6) is 0. The van der Waals surface area contributed by atoms with Crippen molar-refractivity contribution in [2.45, 2.75) is 6.16 Å². The smallest absolute Gasteiger partial charge is 0.0361 e. The largest absolute Gasteiger partial charge is 0.799 e. The van der Waals surface area contributed by atoms with E-state index in [1.807, 2.05) is 43.3 Å². The van der Waals surface area contributed by atoms with Crippen LogP contribution in [-0.4, -0.2) is 20.8 Å². The van der Waals surface area contributed by atoms with Gasteiger partial charge < -0.3 is 14.4 Å².